The second kappa shape index (κ2) is 14.3. The number of methoxy groups -OCH3 is 1. The van der Waals surface area contributed by atoms with Gasteiger partial charge in [0.05, 0.1) is 7.11 Å². The highest BCUT2D eigenvalue weighted by Crippen LogP contribution is 2.28. The number of carbonyl (C=O) groups is 4. The van der Waals surface area contributed by atoms with Crippen molar-refractivity contribution in [2.75, 3.05) is 19.2 Å². The Bertz CT molecular complexity index is 1670. The van der Waals surface area contributed by atoms with Gasteiger partial charge >= 0.3 is 11.9 Å². The Morgan fingerprint density at radius 3 is 2.18 bits per heavy atom. The van der Waals surface area contributed by atoms with Crippen molar-refractivity contribution in [1.29, 1.82) is 0 Å². The first kappa shape index (κ1) is 30.9. The monoisotopic (exact) mass is 610 g/mol. The molecule has 0 aliphatic carbocycles. The molecule has 11 nitrogen and oxygen atoms in total. The summed E-state index contributed by atoms with van der Waals surface area (Å²) in [5.74, 6) is -2.71. The number of benzene rings is 4. The van der Waals surface area contributed by atoms with Gasteiger partial charge in [0.1, 0.15) is 29.9 Å². The van der Waals surface area contributed by atoms with Gasteiger partial charge < -0.3 is 34.7 Å². The van der Waals surface area contributed by atoms with E-state index in [-0.39, 0.29) is 24.5 Å². The molecule has 1 aliphatic rings. The van der Waals surface area contributed by atoms with Gasteiger partial charge in [-0.15, -0.1) is 0 Å². The third kappa shape index (κ3) is 7.53. The molecular weight excluding hydrogens is 580 g/mol. The van der Waals surface area contributed by atoms with Gasteiger partial charge in [-0.3, -0.25) is 9.59 Å². The highest BCUT2D eigenvalue weighted by atomic mass is 16.7. The summed E-state index contributed by atoms with van der Waals surface area (Å²) < 4.78 is 21.4. The molecule has 1 fully saturated rings. The maximum Gasteiger partial charge on any atom is 0.347 e. The molecule has 1 saturated heterocycles. The standard InChI is InChI=1S/C34H30N2O9/c1-42-28-14-8-6-12-25(28)34(41)45-23-17-15-21(16-18-23)19-27(33(39)40)36-32(38)30-29(43-20-44-30)31(37)35-26-13-7-5-11-24(26)22-9-3-2-4-10-22/h2-18,27,29-30H,19-20H2,1H3,(H,35,37)(H,36,38)(H,39,40). The fourth-order valence-corrected chi connectivity index (χ4v) is 4.81. The Balaban J connectivity index is 1.21. The van der Waals surface area contributed by atoms with E-state index in [1.54, 1.807) is 48.5 Å². The highest BCUT2D eigenvalue weighted by Gasteiger charge is 2.42. The maximum atomic E-state index is 13.2. The summed E-state index contributed by atoms with van der Waals surface area (Å²) in [6.07, 6.45) is -2.76. The predicted molar refractivity (Wildman–Crippen MR) is 163 cm³/mol. The molecule has 3 atom stereocenters. The van der Waals surface area contributed by atoms with Gasteiger partial charge in [-0.05, 0) is 41.5 Å². The van der Waals surface area contributed by atoms with E-state index in [1.165, 1.54) is 19.2 Å². The Morgan fingerprint density at radius 1 is 0.822 bits per heavy atom. The number of aliphatic carboxylic acids is 1. The second-order valence-corrected chi connectivity index (χ2v) is 10.0. The zero-order valence-corrected chi connectivity index (χ0v) is 24.2. The molecule has 3 unspecified atom stereocenters. The van der Waals surface area contributed by atoms with Gasteiger partial charge in [0.25, 0.3) is 11.8 Å². The average molecular weight is 611 g/mol. The Hall–Kier alpha value is -5.52. The van der Waals surface area contributed by atoms with Crippen LogP contribution in [0.15, 0.2) is 103 Å². The number of rotatable bonds is 11. The molecule has 2 amide bonds. The van der Waals surface area contributed by atoms with Crippen LogP contribution in [0, 0.1) is 0 Å². The summed E-state index contributed by atoms with van der Waals surface area (Å²) in [7, 11) is 1.45. The molecule has 0 spiro atoms. The molecule has 0 aromatic heterocycles. The number of carboxylic acid groups (broad SMARTS) is 1. The zero-order chi connectivity index (χ0) is 31.8. The molecule has 11 heteroatoms. The Labute approximate surface area is 258 Å². The summed E-state index contributed by atoms with van der Waals surface area (Å²) in [6.45, 7) is -0.316. The number of hydrogen-bond donors (Lipinski definition) is 3. The van der Waals surface area contributed by atoms with E-state index in [0.29, 0.717) is 17.0 Å². The molecule has 45 heavy (non-hydrogen) atoms. The van der Waals surface area contributed by atoms with Crippen LogP contribution in [-0.4, -0.2) is 61.0 Å². The van der Waals surface area contributed by atoms with E-state index < -0.39 is 42.0 Å². The van der Waals surface area contributed by atoms with Crippen LogP contribution >= 0.6 is 0 Å². The van der Waals surface area contributed by atoms with Crippen molar-refractivity contribution in [2.45, 2.75) is 24.7 Å². The topological polar surface area (TPSA) is 149 Å². The van der Waals surface area contributed by atoms with Gasteiger partial charge in [-0.25, -0.2) is 9.59 Å². The number of anilines is 1. The number of para-hydroxylation sites is 2. The third-order valence-electron chi connectivity index (χ3n) is 7.07. The van der Waals surface area contributed by atoms with E-state index >= 15 is 0 Å². The number of ether oxygens (including phenoxy) is 4. The molecule has 0 saturated carbocycles. The molecule has 1 heterocycles. The summed E-state index contributed by atoms with van der Waals surface area (Å²) in [5, 5.41) is 15.1. The fraction of sp³-hybridized carbons (Fsp3) is 0.176. The predicted octanol–water partition coefficient (Wildman–Crippen LogP) is 4.07. The number of esters is 1. The quantitative estimate of drug-likeness (QED) is 0.169. The first-order chi connectivity index (χ1) is 21.8. The minimum Gasteiger partial charge on any atom is -0.496 e. The van der Waals surface area contributed by atoms with Crippen molar-refractivity contribution in [3.8, 4) is 22.6 Å². The van der Waals surface area contributed by atoms with E-state index in [4.69, 9.17) is 18.9 Å². The molecule has 1 aliphatic heterocycles. The summed E-state index contributed by atoms with van der Waals surface area (Å²) in [4.78, 5) is 51.0. The lowest BCUT2D eigenvalue weighted by molar-refractivity contribution is -0.144. The normalized spacial score (nSPS) is 16.3. The molecule has 5 rings (SSSR count). The first-order valence-corrected chi connectivity index (χ1v) is 14.0. The van der Waals surface area contributed by atoms with Crippen molar-refractivity contribution in [1.82, 2.24) is 5.32 Å². The molecule has 3 N–H and O–H groups in total. The van der Waals surface area contributed by atoms with Gasteiger partial charge in [0.15, 0.2) is 12.2 Å². The van der Waals surface area contributed by atoms with Gasteiger partial charge in [-0.1, -0.05) is 72.8 Å². The van der Waals surface area contributed by atoms with Crippen LogP contribution in [0.1, 0.15) is 15.9 Å². The zero-order valence-electron chi connectivity index (χ0n) is 24.2. The van der Waals surface area contributed by atoms with Gasteiger partial charge in [-0.2, -0.15) is 0 Å². The highest BCUT2D eigenvalue weighted by molar-refractivity contribution is 6.02. The number of nitrogens with one attached hydrogen (secondary N) is 2. The van der Waals surface area contributed by atoms with Crippen LogP contribution in [0.4, 0.5) is 5.69 Å². The Kier molecular flexibility index (Phi) is 9.83. The minimum atomic E-state index is -1.37. The van der Waals surface area contributed by atoms with Crippen LogP contribution < -0.4 is 20.1 Å². The van der Waals surface area contributed by atoms with Gasteiger partial charge in [0, 0.05) is 17.7 Å². The van der Waals surface area contributed by atoms with Crippen LogP contribution in [0.5, 0.6) is 11.5 Å². The molecule has 0 bridgehead atoms. The SMILES string of the molecule is COc1ccccc1C(=O)Oc1ccc(CC(NC(=O)C2OCOC2C(=O)Nc2ccccc2-c2ccccc2)C(=O)O)cc1. The molecular formula is C34H30N2O9. The van der Waals surface area contributed by atoms with Crippen molar-refractivity contribution >= 4 is 29.4 Å². The van der Waals surface area contributed by atoms with Crippen molar-refractivity contribution in [3.05, 3.63) is 114 Å². The fourth-order valence-electron chi connectivity index (χ4n) is 4.81. The van der Waals surface area contributed by atoms with E-state index in [1.807, 2.05) is 42.5 Å². The lowest BCUT2D eigenvalue weighted by Gasteiger charge is -2.20. The number of carboxylic acids is 1. The van der Waals surface area contributed by atoms with Crippen molar-refractivity contribution in [3.63, 3.8) is 0 Å². The van der Waals surface area contributed by atoms with Gasteiger partial charge in [0.2, 0.25) is 0 Å². The number of carbonyl (C=O) groups excluding carboxylic acids is 3. The second-order valence-electron chi connectivity index (χ2n) is 10.0. The van der Waals surface area contributed by atoms with E-state index in [0.717, 1.165) is 11.1 Å². The van der Waals surface area contributed by atoms with Crippen molar-refractivity contribution < 1.29 is 43.2 Å². The van der Waals surface area contributed by atoms with Crippen LogP contribution in [0.3, 0.4) is 0 Å². The molecule has 0 radical (unpaired) electrons. The van der Waals surface area contributed by atoms with Crippen LogP contribution in [-0.2, 0) is 30.3 Å². The Morgan fingerprint density at radius 2 is 1.47 bits per heavy atom. The molecule has 4 aromatic rings. The minimum absolute atomic E-state index is 0.0866. The average Bonchev–Trinajstić information content (AvgIpc) is 3.56. The van der Waals surface area contributed by atoms with Crippen LogP contribution in [0.25, 0.3) is 11.1 Å². The van der Waals surface area contributed by atoms with E-state index in [2.05, 4.69) is 10.6 Å². The summed E-state index contributed by atoms with van der Waals surface area (Å²) in [5.41, 5.74) is 2.98. The van der Waals surface area contributed by atoms with Crippen molar-refractivity contribution in [2.24, 2.45) is 0 Å². The largest absolute Gasteiger partial charge is 0.496 e. The lowest BCUT2D eigenvalue weighted by atomic mass is 10.0. The summed E-state index contributed by atoms with van der Waals surface area (Å²) in [6, 6.07) is 28.2. The first-order valence-electron chi connectivity index (χ1n) is 14.0. The number of hydrogen-bond acceptors (Lipinski definition) is 8. The maximum absolute atomic E-state index is 13.2. The summed E-state index contributed by atoms with van der Waals surface area (Å²) >= 11 is 0. The molecule has 4 aromatic carbocycles. The number of amides is 2. The smallest absolute Gasteiger partial charge is 0.347 e. The third-order valence-corrected chi connectivity index (χ3v) is 7.07. The van der Waals surface area contributed by atoms with E-state index in [9.17, 15) is 24.3 Å². The lowest BCUT2D eigenvalue weighted by Crippen LogP contribution is -2.51. The molecule has 230 valence electrons. The van der Waals surface area contributed by atoms with Crippen LogP contribution in [0.2, 0.25) is 0 Å².